The van der Waals surface area contributed by atoms with Crippen molar-refractivity contribution in [1.82, 2.24) is 0 Å². The molecule has 148 valence electrons. The van der Waals surface area contributed by atoms with Gasteiger partial charge in [0, 0.05) is 12.0 Å². The monoisotopic (exact) mass is 398 g/mol. The number of carboxylic acids is 1. The maximum absolute atomic E-state index is 13.2. The summed E-state index contributed by atoms with van der Waals surface area (Å²) in [6.45, 7) is 0.856. The van der Waals surface area contributed by atoms with E-state index in [9.17, 15) is 53.1 Å². The van der Waals surface area contributed by atoms with Crippen LogP contribution in [0.5, 0.6) is 0 Å². The first-order valence-electron chi connectivity index (χ1n) is 5.97. The zero-order valence-corrected chi connectivity index (χ0v) is 11.9. The van der Waals surface area contributed by atoms with Gasteiger partial charge in [0.25, 0.3) is 0 Å². The van der Waals surface area contributed by atoms with Gasteiger partial charge in [-0.15, -0.1) is 0 Å². The lowest BCUT2D eigenvalue weighted by atomic mass is 10.1. The lowest BCUT2D eigenvalue weighted by molar-refractivity contribution is -0.503. The second kappa shape index (κ2) is 6.96. The second-order valence-corrected chi connectivity index (χ2v) is 4.65. The number of allylic oxidation sites excluding steroid dienone is 1. The summed E-state index contributed by atoms with van der Waals surface area (Å²) in [6, 6.07) is 0. The Morgan fingerprint density at radius 2 is 1.32 bits per heavy atom. The summed E-state index contributed by atoms with van der Waals surface area (Å²) in [5, 5.41) is 8.37. The number of hydrogen-bond acceptors (Lipinski definition) is 2. The Hall–Kier alpha value is -1.60. The quantitative estimate of drug-likeness (QED) is 0.494. The molecule has 0 aliphatic heterocycles. The Morgan fingerprint density at radius 1 is 0.920 bits per heavy atom. The van der Waals surface area contributed by atoms with Crippen molar-refractivity contribution >= 4 is 5.97 Å². The Bertz CT molecular complexity index is 504. The molecule has 0 spiro atoms. The van der Waals surface area contributed by atoms with Crippen LogP contribution in [-0.4, -0.2) is 41.3 Å². The molecule has 1 N–H and O–H groups in total. The first-order valence-corrected chi connectivity index (χ1v) is 5.97. The van der Waals surface area contributed by atoms with Gasteiger partial charge in [-0.2, -0.15) is 48.3 Å². The number of ether oxygens (including phenoxy) is 1. The molecule has 0 unspecified atom stereocenters. The molecule has 0 aliphatic rings. The van der Waals surface area contributed by atoms with Gasteiger partial charge in [0.05, 0.1) is 0 Å². The van der Waals surface area contributed by atoms with E-state index in [2.05, 4.69) is 0 Å². The molecule has 0 aliphatic carbocycles. The van der Waals surface area contributed by atoms with E-state index in [1.54, 1.807) is 0 Å². The Morgan fingerprint density at radius 3 is 1.64 bits per heavy atom. The van der Waals surface area contributed by atoms with E-state index in [4.69, 9.17) is 5.11 Å². The minimum absolute atomic E-state index is 0.461. The minimum atomic E-state index is -7.12. The fourth-order valence-electron chi connectivity index (χ4n) is 1.23. The van der Waals surface area contributed by atoms with Gasteiger partial charge in [-0.25, -0.2) is 4.79 Å². The van der Waals surface area contributed by atoms with Crippen molar-refractivity contribution in [3.05, 3.63) is 11.6 Å². The van der Waals surface area contributed by atoms with Crippen LogP contribution in [0.1, 0.15) is 19.8 Å². The summed E-state index contributed by atoms with van der Waals surface area (Å²) in [5.74, 6) is -14.3. The number of alkyl halides is 11. The highest BCUT2D eigenvalue weighted by molar-refractivity contribution is 5.85. The Kier molecular flexibility index (Phi) is 6.51. The summed E-state index contributed by atoms with van der Waals surface area (Å²) in [6.07, 6.45) is -23.6. The van der Waals surface area contributed by atoms with Crippen LogP contribution in [0.3, 0.4) is 0 Å². The normalized spacial score (nSPS) is 15.4. The molecule has 0 saturated carbocycles. The molecule has 0 radical (unpaired) electrons. The summed E-state index contributed by atoms with van der Waals surface area (Å²) in [7, 11) is 0. The summed E-state index contributed by atoms with van der Waals surface area (Å²) in [5.41, 5.74) is -0.606. The number of carbonyl (C=O) groups is 1. The van der Waals surface area contributed by atoms with Crippen molar-refractivity contribution in [3.63, 3.8) is 0 Å². The van der Waals surface area contributed by atoms with Crippen molar-refractivity contribution in [2.45, 2.75) is 50.0 Å². The molecule has 14 heteroatoms. The molecule has 0 aromatic carbocycles. The predicted octanol–water partition coefficient (Wildman–Crippen LogP) is 4.83. The fraction of sp³-hybridized carbons (Fsp3) is 0.727. The SMILES string of the molecule is C/C(=C\CCC(F)(F)C(F)(F)OC(F)(C(F)(F)F)C(F)(F)F)C(=O)O. The summed E-state index contributed by atoms with van der Waals surface area (Å²) >= 11 is 0. The zero-order chi connectivity index (χ0) is 20.5. The van der Waals surface area contributed by atoms with Gasteiger partial charge in [-0.3, -0.25) is 4.74 Å². The predicted molar refractivity (Wildman–Crippen MR) is 57.6 cm³/mol. The van der Waals surface area contributed by atoms with E-state index in [1.807, 2.05) is 4.74 Å². The van der Waals surface area contributed by atoms with E-state index < -0.39 is 54.6 Å². The van der Waals surface area contributed by atoms with Crippen molar-refractivity contribution in [3.8, 4) is 0 Å². The third-order valence-electron chi connectivity index (χ3n) is 2.67. The third kappa shape index (κ3) is 5.19. The summed E-state index contributed by atoms with van der Waals surface area (Å²) < 4.78 is 140. The average Bonchev–Trinajstić information content (AvgIpc) is 2.34. The largest absolute Gasteiger partial charge is 0.478 e. The molecule has 0 heterocycles. The van der Waals surface area contributed by atoms with E-state index >= 15 is 0 Å². The first-order chi connectivity index (χ1) is 10.8. The number of carboxylic acid groups (broad SMARTS) is 1. The van der Waals surface area contributed by atoms with Gasteiger partial charge < -0.3 is 5.11 Å². The van der Waals surface area contributed by atoms with Gasteiger partial charge >= 0.3 is 36.2 Å². The smallest absolute Gasteiger partial charge is 0.458 e. The highest BCUT2D eigenvalue weighted by Crippen LogP contribution is 2.52. The van der Waals surface area contributed by atoms with Crippen LogP contribution in [0.25, 0.3) is 0 Å². The topological polar surface area (TPSA) is 46.5 Å². The molecule has 0 atom stereocenters. The second-order valence-electron chi connectivity index (χ2n) is 4.65. The minimum Gasteiger partial charge on any atom is -0.478 e. The zero-order valence-electron chi connectivity index (χ0n) is 11.9. The highest BCUT2D eigenvalue weighted by atomic mass is 19.4. The number of rotatable bonds is 7. The molecule has 0 aromatic rings. The molecule has 25 heavy (non-hydrogen) atoms. The van der Waals surface area contributed by atoms with Crippen LogP contribution in [0.4, 0.5) is 48.3 Å². The maximum Gasteiger partial charge on any atom is 0.458 e. The summed E-state index contributed by atoms with van der Waals surface area (Å²) in [4.78, 5) is 10.3. The molecule has 3 nitrogen and oxygen atoms in total. The van der Waals surface area contributed by atoms with Crippen LogP contribution < -0.4 is 0 Å². The van der Waals surface area contributed by atoms with Crippen molar-refractivity contribution in [1.29, 1.82) is 0 Å². The number of hydrogen-bond donors (Lipinski definition) is 1. The fourth-order valence-corrected chi connectivity index (χ4v) is 1.23. The van der Waals surface area contributed by atoms with Gasteiger partial charge in [0.2, 0.25) is 0 Å². The van der Waals surface area contributed by atoms with Crippen molar-refractivity contribution in [2.75, 3.05) is 0 Å². The van der Waals surface area contributed by atoms with Crippen LogP contribution in [-0.2, 0) is 9.53 Å². The van der Waals surface area contributed by atoms with Crippen LogP contribution >= 0.6 is 0 Å². The van der Waals surface area contributed by atoms with Crippen LogP contribution in [0.15, 0.2) is 11.6 Å². The third-order valence-corrected chi connectivity index (χ3v) is 2.67. The molecular weight excluding hydrogens is 389 g/mol. The number of halogens is 11. The van der Waals surface area contributed by atoms with E-state index in [-0.39, 0.29) is 0 Å². The van der Waals surface area contributed by atoms with Crippen molar-refractivity contribution < 1.29 is 62.9 Å². The molecule has 0 rings (SSSR count). The molecule has 0 saturated heterocycles. The maximum atomic E-state index is 13.2. The lowest BCUT2D eigenvalue weighted by Crippen LogP contribution is -2.61. The number of aliphatic carboxylic acids is 1. The molecule has 0 aromatic heterocycles. The first kappa shape index (κ1) is 23.4. The molecule has 0 bridgehead atoms. The highest BCUT2D eigenvalue weighted by Gasteiger charge is 2.79. The van der Waals surface area contributed by atoms with Gasteiger partial charge in [-0.1, -0.05) is 6.08 Å². The lowest BCUT2D eigenvalue weighted by Gasteiger charge is -2.35. The van der Waals surface area contributed by atoms with E-state index in [0.29, 0.717) is 6.08 Å². The van der Waals surface area contributed by atoms with Crippen LogP contribution in [0.2, 0.25) is 0 Å². The van der Waals surface area contributed by atoms with Gasteiger partial charge in [0.15, 0.2) is 0 Å². The van der Waals surface area contributed by atoms with Gasteiger partial charge in [-0.05, 0) is 13.3 Å². The molecular formula is C11H9F11O3. The Balaban J connectivity index is 5.51. The van der Waals surface area contributed by atoms with E-state index in [0.717, 1.165) is 6.92 Å². The van der Waals surface area contributed by atoms with Gasteiger partial charge in [0.1, 0.15) is 0 Å². The Labute approximate surface area is 132 Å². The van der Waals surface area contributed by atoms with Crippen LogP contribution in [0, 0.1) is 0 Å². The molecule has 0 amide bonds. The molecule has 0 fully saturated rings. The van der Waals surface area contributed by atoms with Crippen molar-refractivity contribution in [2.24, 2.45) is 0 Å². The standard InChI is InChI=1S/C11H9F11O3/c1-5(6(23)24)3-2-4-7(12,13)11(21,22)25-8(14,9(15,16)17)10(18,19)20/h3H,2,4H2,1H3,(H,23,24)/b5-3+. The van der Waals surface area contributed by atoms with E-state index in [1.165, 1.54) is 0 Å². The average molecular weight is 398 g/mol.